The van der Waals surface area contributed by atoms with Crippen molar-refractivity contribution in [3.05, 3.63) is 76.8 Å². The Balaban J connectivity index is 1.63. The van der Waals surface area contributed by atoms with E-state index < -0.39 is 0 Å². The Morgan fingerprint density at radius 1 is 0.962 bits per heavy atom. The Kier molecular flexibility index (Phi) is 4.17. The number of H-pyrrole nitrogens is 1. The maximum absolute atomic E-state index is 12.6. The Morgan fingerprint density at radius 3 is 2.50 bits per heavy atom. The van der Waals surface area contributed by atoms with Crippen LogP contribution in [0.2, 0.25) is 5.02 Å². The lowest BCUT2D eigenvalue weighted by atomic mass is 9.98. The summed E-state index contributed by atoms with van der Waals surface area (Å²) in [6, 6.07) is 19.7. The van der Waals surface area contributed by atoms with Gasteiger partial charge in [0.1, 0.15) is 0 Å². The molecule has 26 heavy (non-hydrogen) atoms. The number of carbonyl (C=O) groups is 1. The second-order valence-corrected chi connectivity index (χ2v) is 7.13. The van der Waals surface area contributed by atoms with E-state index in [4.69, 9.17) is 11.6 Å². The molecule has 4 heteroatoms. The average Bonchev–Trinajstić information content (AvgIpc) is 3.00. The molecule has 0 fully saturated rings. The lowest BCUT2D eigenvalue weighted by molar-refractivity contribution is -0.117. The molecule has 1 heterocycles. The zero-order chi connectivity index (χ0) is 18.3. The third kappa shape index (κ3) is 3.06. The summed E-state index contributed by atoms with van der Waals surface area (Å²) in [5, 5.41) is 5.90. The highest BCUT2D eigenvalue weighted by Crippen LogP contribution is 2.30. The van der Waals surface area contributed by atoms with E-state index in [2.05, 4.69) is 16.4 Å². The van der Waals surface area contributed by atoms with Crippen LogP contribution < -0.4 is 5.32 Å². The first-order valence-corrected chi connectivity index (χ1v) is 8.97. The number of aryl methyl sites for hydroxylation is 1. The number of aromatic amines is 1. The fourth-order valence-electron chi connectivity index (χ4n) is 3.20. The molecule has 0 unspecified atom stereocenters. The summed E-state index contributed by atoms with van der Waals surface area (Å²) in [6.45, 7) is 3.95. The van der Waals surface area contributed by atoms with Crippen molar-refractivity contribution in [1.29, 1.82) is 0 Å². The molecule has 2 N–H and O–H groups in total. The summed E-state index contributed by atoms with van der Waals surface area (Å²) >= 11 is 6.12. The van der Waals surface area contributed by atoms with Gasteiger partial charge in [-0.3, -0.25) is 4.79 Å². The number of carbonyl (C=O) groups excluding carboxylic acids is 1. The molecule has 3 aromatic carbocycles. The maximum Gasteiger partial charge on any atom is 0.231 e. The highest BCUT2D eigenvalue weighted by atomic mass is 35.5. The number of hydrogen-bond donors (Lipinski definition) is 2. The van der Waals surface area contributed by atoms with Crippen molar-refractivity contribution in [3.8, 4) is 0 Å². The zero-order valence-corrected chi connectivity index (χ0v) is 15.4. The molecular formula is C22H19ClN2O. The molecule has 1 atom stereocenters. The van der Waals surface area contributed by atoms with Gasteiger partial charge in [-0.25, -0.2) is 0 Å². The standard InChI is InChI=1S/C22H19ClN2O/c1-13-3-7-17(8-4-13)24-22(26)14(2)15-5-9-18-19-12-16(23)6-10-20(19)25-21(18)11-15/h3-12,14,25H,1-2H3,(H,24,26)/t14-/m0/s1. The summed E-state index contributed by atoms with van der Waals surface area (Å²) in [7, 11) is 0. The van der Waals surface area contributed by atoms with Crippen molar-refractivity contribution < 1.29 is 4.79 Å². The Morgan fingerprint density at radius 2 is 1.73 bits per heavy atom. The average molecular weight is 363 g/mol. The van der Waals surface area contributed by atoms with Gasteiger partial charge in [-0.2, -0.15) is 0 Å². The van der Waals surface area contributed by atoms with Crippen molar-refractivity contribution in [3.63, 3.8) is 0 Å². The van der Waals surface area contributed by atoms with Crippen LogP contribution in [-0.2, 0) is 4.79 Å². The lowest BCUT2D eigenvalue weighted by Crippen LogP contribution is -2.18. The number of nitrogens with one attached hydrogen (secondary N) is 2. The van der Waals surface area contributed by atoms with E-state index in [0.717, 1.165) is 33.1 Å². The molecule has 4 aromatic rings. The van der Waals surface area contributed by atoms with E-state index in [1.807, 2.05) is 68.4 Å². The molecule has 0 aliphatic heterocycles. The smallest absolute Gasteiger partial charge is 0.231 e. The lowest BCUT2D eigenvalue weighted by Gasteiger charge is -2.13. The molecular weight excluding hydrogens is 344 g/mol. The molecule has 1 aromatic heterocycles. The molecule has 4 rings (SSSR count). The van der Waals surface area contributed by atoms with Crippen molar-refractivity contribution in [2.45, 2.75) is 19.8 Å². The summed E-state index contributed by atoms with van der Waals surface area (Å²) < 4.78 is 0. The number of amides is 1. The highest BCUT2D eigenvalue weighted by molar-refractivity contribution is 6.31. The number of aromatic nitrogens is 1. The van der Waals surface area contributed by atoms with Gasteiger partial charge < -0.3 is 10.3 Å². The minimum atomic E-state index is -0.254. The van der Waals surface area contributed by atoms with Gasteiger partial charge in [-0.05, 0) is 55.8 Å². The van der Waals surface area contributed by atoms with Crippen LogP contribution in [0.15, 0.2) is 60.7 Å². The van der Waals surface area contributed by atoms with Crippen LogP contribution in [0, 0.1) is 6.92 Å². The maximum atomic E-state index is 12.6. The summed E-state index contributed by atoms with van der Waals surface area (Å²) in [6.07, 6.45) is 0. The van der Waals surface area contributed by atoms with Gasteiger partial charge in [0.25, 0.3) is 0 Å². The first kappa shape index (κ1) is 16.7. The topological polar surface area (TPSA) is 44.9 Å². The molecule has 3 nitrogen and oxygen atoms in total. The van der Waals surface area contributed by atoms with Crippen LogP contribution >= 0.6 is 11.6 Å². The monoisotopic (exact) mass is 362 g/mol. The number of halogens is 1. The normalized spacial score (nSPS) is 12.4. The molecule has 1 amide bonds. The number of fused-ring (bicyclic) bond motifs is 3. The van der Waals surface area contributed by atoms with E-state index in [1.54, 1.807) is 0 Å². The fourth-order valence-corrected chi connectivity index (χ4v) is 3.37. The van der Waals surface area contributed by atoms with E-state index in [9.17, 15) is 4.79 Å². The van der Waals surface area contributed by atoms with Gasteiger partial charge in [0.2, 0.25) is 5.91 Å². The number of rotatable bonds is 3. The SMILES string of the molecule is Cc1ccc(NC(=O)[C@@H](C)c2ccc3c(c2)[nH]c2ccc(Cl)cc23)cc1. The Labute approximate surface area is 157 Å². The van der Waals surface area contributed by atoms with Crippen LogP contribution in [-0.4, -0.2) is 10.9 Å². The van der Waals surface area contributed by atoms with Crippen LogP contribution in [0.4, 0.5) is 5.69 Å². The number of benzene rings is 3. The molecule has 0 bridgehead atoms. The van der Waals surface area contributed by atoms with E-state index >= 15 is 0 Å². The molecule has 0 aliphatic rings. The third-order valence-corrected chi connectivity index (χ3v) is 5.03. The minimum Gasteiger partial charge on any atom is -0.355 e. The zero-order valence-electron chi connectivity index (χ0n) is 14.6. The van der Waals surface area contributed by atoms with E-state index in [-0.39, 0.29) is 11.8 Å². The molecule has 0 radical (unpaired) electrons. The molecule has 0 saturated heterocycles. The van der Waals surface area contributed by atoms with Crippen LogP contribution in [0.3, 0.4) is 0 Å². The molecule has 0 spiro atoms. The van der Waals surface area contributed by atoms with Gasteiger partial charge in [-0.15, -0.1) is 0 Å². The number of anilines is 1. The highest BCUT2D eigenvalue weighted by Gasteiger charge is 2.17. The predicted octanol–water partition coefficient (Wildman–Crippen LogP) is 6.03. The van der Waals surface area contributed by atoms with Gasteiger partial charge >= 0.3 is 0 Å². The summed E-state index contributed by atoms with van der Waals surface area (Å²) in [5.74, 6) is -0.275. The number of hydrogen-bond acceptors (Lipinski definition) is 1. The molecule has 130 valence electrons. The van der Waals surface area contributed by atoms with Gasteiger partial charge in [0, 0.05) is 32.5 Å². The molecule has 0 aliphatic carbocycles. The minimum absolute atomic E-state index is 0.0210. The Hall–Kier alpha value is -2.78. The first-order chi connectivity index (χ1) is 12.5. The summed E-state index contributed by atoms with van der Waals surface area (Å²) in [5.41, 5.74) is 5.00. The van der Waals surface area contributed by atoms with Crippen molar-refractivity contribution in [1.82, 2.24) is 4.98 Å². The van der Waals surface area contributed by atoms with Gasteiger partial charge in [-0.1, -0.05) is 41.4 Å². The van der Waals surface area contributed by atoms with Crippen molar-refractivity contribution >= 4 is 45.0 Å². The third-order valence-electron chi connectivity index (χ3n) is 4.80. The quantitative estimate of drug-likeness (QED) is 0.459. The fraction of sp³-hybridized carbons (Fsp3) is 0.136. The summed E-state index contributed by atoms with van der Waals surface area (Å²) in [4.78, 5) is 16.0. The largest absolute Gasteiger partial charge is 0.355 e. The van der Waals surface area contributed by atoms with Crippen molar-refractivity contribution in [2.24, 2.45) is 0 Å². The van der Waals surface area contributed by atoms with Crippen molar-refractivity contribution in [2.75, 3.05) is 5.32 Å². The second-order valence-electron chi connectivity index (χ2n) is 6.70. The van der Waals surface area contributed by atoms with Gasteiger partial charge in [0.05, 0.1) is 5.92 Å². The van der Waals surface area contributed by atoms with Crippen LogP contribution in [0.5, 0.6) is 0 Å². The predicted molar refractivity (Wildman–Crippen MR) is 109 cm³/mol. The first-order valence-electron chi connectivity index (χ1n) is 8.60. The van der Waals surface area contributed by atoms with Crippen LogP contribution in [0.25, 0.3) is 21.8 Å². The second kappa shape index (κ2) is 6.50. The molecule has 0 saturated carbocycles. The van der Waals surface area contributed by atoms with Crippen LogP contribution in [0.1, 0.15) is 24.0 Å². The Bertz CT molecular complexity index is 1110. The van der Waals surface area contributed by atoms with E-state index in [0.29, 0.717) is 5.02 Å². The van der Waals surface area contributed by atoms with E-state index in [1.165, 1.54) is 5.56 Å². The van der Waals surface area contributed by atoms with Gasteiger partial charge in [0.15, 0.2) is 0 Å².